The van der Waals surface area contributed by atoms with Crippen LogP contribution in [0.4, 0.5) is 0 Å². The first-order valence-corrected chi connectivity index (χ1v) is 5.00. The number of esters is 1. The molecule has 0 unspecified atom stereocenters. The van der Waals surface area contributed by atoms with E-state index in [1.165, 1.54) is 13.3 Å². The van der Waals surface area contributed by atoms with Crippen LogP contribution in [0.5, 0.6) is 0 Å². The maximum atomic E-state index is 10.8. The van der Waals surface area contributed by atoms with Crippen molar-refractivity contribution in [3.63, 3.8) is 0 Å². The monoisotopic (exact) mass is 193 g/mol. The number of nitriles is 1. The number of hydrogen-bond donors (Lipinski definition) is 0. The van der Waals surface area contributed by atoms with Crippen molar-refractivity contribution < 1.29 is 9.53 Å². The normalized spacial score (nSPS) is 15.9. The molecule has 76 valence electrons. The molecule has 1 rings (SSSR count). The molecule has 1 fully saturated rings. The quantitative estimate of drug-likeness (QED) is 0.500. The van der Waals surface area contributed by atoms with Crippen molar-refractivity contribution >= 4 is 5.97 Å². The minimum Gasteiger partial charge on any atom is -0.430 e. The Hall–Kier alpha value is -1.30. The second-order valence-corrected chi connectivity index (χ2v) is 3.52. The lowest BCUT2D eigenvalue weighted by atomic mass is 9.93. The third kappa shape index (κ3) is 3.21. The van der Waals surface area contributed by atoms with E-state index in [1.807, 2.05) is 6.07 Å². The number of carbonyl (C=O) groups is 1. The number of hydrogen-bond acceptors (Lipinski definition) is 3. The topological polar surface area (TPSA) is 50.1 Å². The highest BCUT2D eigenvalue weighted by molar-refractivity contribution is 5.67. The van der Waals surface area contributed by atoms with E-state index in [4.69, 9.17) is 10.00 Å². The molecule has 14 heavy (non-hydrogen) atoms. The van der Waals surface area contributed by atoms with Crippen molar-refractivity contribution in [2.45, 2.75) is 45.4 Å². The van der Waals surface area contributed by atoms with Gasteiger partial charge >= 0.3 is 5.97 Å². The minimum absolute atomic E-state index is 0.217. The maximum absolute atomic E-state index is 10.8. The first kappa shape index (κ1) is 10.8. The highest BCUT2D eigenvalue weighted by Crippen LogP contribution is 2.27. The van der Waals surface area contributed by atoms with Gasteiger partial charge in [-0.05, 0) is 31.3 Å². The predicted molar refractivity (Wildman–Crippen MR) is 52.1 cm³/mol. The van der Waals surface area contributed by atoms with Gasteiger partial charge in [0, 0.05) is 6.92 Å². The van der Waals surface area contributed by atoms with E-state index in [0.29, 0.717) is 5.76 Å². The van der Waals surface area contributed by atoms with Gasteiger partial charge in [0.1, 0.15) is 5.76 Å². The molecule has 1 aliphatic carbocycles. The maximum Gasteiger partial charge on any atom is 0.307 e. The van der Waals surface area contributed by atoms with Crippen LogP contribution in [0.1, 0.15) is 45.4 Å². The third-order valence-corrected chi connectivity index (χ3v) is 2.36. The summed E-state index contributed by atoms with van der Waals surface area (Å²) >= 11 is 0. The lowest BCUT2D eigenvalue weighted by Gasteiger charge is -2.16. The van der Waals surface area contributed by atoms with Crippen molar-refractivity contribution in [2.75, 3.05) is 0 Å². The SMILES string of the molecule is CC(=O)OC(CC#N)=C1CCCCC1. The highest BCUT2D eigenvalue weighted by atomic mass is 16.5. The zero-order valence-corrected chi connectivity index (χ0v) is 8.51. The lowest BCUT2D eigenvalue weighted by Crippen LogP contribution is -2.05. The molecule has 0 aromatic heterocycles. The average molecular weight is 193 g/mol. The predicted octanol–water partition coefficient (Wildman–Crippen LogP) is 2.68. The van der Waals surface area contributed by atoms with Gasteiger partial charge in [-0.25, -0.2) is 0 Å². The summed E-state index contributed by atoms with van der Waals surface area (Å²) in [5.41, 5.74) is 1.16. The lowest BCUT2D eigenvalue weighted by molar-refractivity contribution is -0.137. The van der Waals surface area contributed by atoms with E-state index in [-0.39, 0.29) is 12.4 Å². The molecule has 0 heterocycles. The smallest absolute Gasteiger partial charge is 0.307 e. The molecular formula is C11H15NO2. The number of rotatable bonds is 2. The van der Waals surface area contributed by atoms with Crippen molar-refractivity contribution in [1.82, 2.24) is 0 Å². The Balaban J connectivity index is 2.72. The van der Waals surface area contributed by atoms with Crippen LogP contribution in [0, 0.1) is 11.3 Å². The molecule has 1 saturated carbocycles. The van der Waals surface area contributed by atoms with Gasteiger partial charge in [0.05, 0.1) is 12.5 Å². The van der Waals surface area contributed by atoms with E-state index in [9.17, 15) is 4.79 Å². The van der Waals surface area contributed by atoms with Gasteiger partial charge in [0.15, 0.2) is 0 Å². The van der Waals surface area contributed by atoms with Gasteiger partial charge in [-0.3, -0.25) is 4.79 Å². The average Bonchev–Trinajstić information content (AvgIpc) is 2.18. The second kappa shape index (κ2) is 5.43. The molecule has 1 aliphatic rings. The first-order chi connectivity index (χ1) is 6.74. The summed E-state index contributed by atoms with van der Waals surface area (Å²) in [7, 11) is 0. The summed E-state index contributed by atoms with van der Waals surface area (Å²) in [6.45, 7) is 1.38. The van der Waals surface area contributed by atoms with Crippen LogP contribution in [0.3, 0.4) is 0 Å². The Morgan fingerprint density at radius 2 is 2.07 bits per heavy atom. The summed E-state index contributed by atoms with van der Waals surface area (Å²) in [6, 6.07) is 2.04. The molecule has 0 aromatic rings. The standard InChI is InChI=1S/C11H15NO2/c1-9(13)14-11(7-8-12)10-5-3-2-4-6-10/h2-7H2,1H3. The fourth-order valence-corrected chi connectivity index (χ4v) is 1.74. The highest BCUT2D eigenvalue weighted by Gasteiger charge is 2.13. The molecule has 3 nitrogen and oxygen atoms in total. The van der Waals surface area contributed by atoms with Crippen molar-refractivity contribution in [3.8, 4) is 6.07 Å². The number of nitrogens with zero attached hydrogens (tertiary/aromatic N) is 1. The van der Waals surface area contributed by atoms with Crippen LogP contribution < -0.4 is 0 Å². The molecule has 0 atom stereocenters. The zero-order valence-electron chi connectivity index (χ0n) is 8.51. The molecular weight excluding hydrogens is 178 g/mol. The van der Waals surface area contributed by atoms with Gasteiger partial charge < -0.3 is 4.74 Å². The van der Waals surface area contributed by atoms with E-state index < -0.39 is 0 Å². The Labute approximate surface area is 84.4 Å². The molecule has 0 saturated heterocycles. The largest absolute Gasteiger partial charge is 0.430 e. The third-order valence-electron chi connectivity index (χ3n) is 2.36. The van der Waals surface area contributed by atoms with Gasteiger partial charge in [0.2, 0.25) is 0 Å². The number of carbonyl (C=O) groups excluding carboxylic acids is 1. The summed E-state index contributed by atoms with van der Waals surface area (Å²) in [6.07, 6.45) is 5.70. The number of allylic oxidation sites excluding steroid dienone is 2. The Morgan fingerprint density at radius 1 is 1.43 bits per heavy atom. The van der Waals surface area contributed by atoms with Crippen LogP contribution in [-0.4, -0.2) is 5.97 Å². The minimum atomic E-state index is -0.326. The first-order valence-electron chi connectivity index (χ1n) is 5.00. The molecule has 0 bridgehead atoms. The van der Waals surface area contributed by atoms with E-state index in [2.05, 4.69) is 0 Å². The van der Waals surface area contributed by atoms with Gasteiger partial charge in [-0.2, -0.15) is 5.26 Å². The van der Waals surface area contributed by atoms with Gasteiger partial charge in [0.25, 0.3) is 0 Å². The summed E-state index contributed by atoms with van der Waals surface area (Å²) in [4.78, 5) is 10.8. The molecule has 0 spiro atoms. The van der Waals surface area contributed by atoms with Crippen LogP contribution >= 0.6 is 0 Å². The molecule has 0 aromatic carbocycles. The summed E-state index contributed by atoms with van der Waals surface area (Å²) < 4.78 is 5.05. The van der Waals surface area contributed by atoms with Crippen molar-refractivity contribution in [1.29, 1.82) is 5.26 Å². The van der Waals surface area contributed by atoms with Gasteiger partial charge in [-0.1, -0.05) is 6.42 Å². The fraction of sp³-hybridized carbons (Fsp3) is 0.636. The zero-order chi connectivity index (χ0) is 10.4. The van der Waals surface area contributed by atoms with Crippen LogP contribution in [0.15, 0.2) is 11.3 Å². The second-order valence-electron chi connectivity index (χ2n) is 3.52. The Bertz CT molecular complexity index is 278. The molecule has 3 heteroatoms. The molecule has 0 N–H and O–H groups in total. The van der Waals surface area contributed by atoms with E-state index >= 15 is 0 Å². The number of ether oxygens (including phenoxy) is 1. The van der Waals surface area contributed by atoms with Gasteiger partial charge in [-0.15, -0.1) is 0 Å². The molecule has 0 aliphatic heterocycles. The fourth-order valence-electron chi connectivity index (χ4n) is 1.74. The van der Waals surface area contributed by atoms with E-state index in [1.54, 1.807) is 0 Å². The Morgan fingerprint density at radius 3 is 2.57 bits per heavy atom. The van der Waals surface area contributed by atoms with Crippen LogP contribution in [-0.2, 0) is 9.53 Å². The van der Waals surface area contributed by atoms with Crippen LogP contribution in [0.25, 0.3) is 0 Å². The van der Waals surface area contributed by atoms with Crippen molar-refractivity contribution in [3.05, 3.63) is 11.3 Å². The van der Waals surface area contributed by atoms with E-state index in [0.717, 1.165) is 31.3 Å². The molecule has 0 radical (unpaired) electrons. The molecule has 0 amide bonds. The summed E-state index contributed by atoms with van der Waals surface area (Å²) in [5.74, 6) is 0.271. The Kier molecular flexibility index (Phi) is 4.18. The van der Waals surface area contributed by atoms with Crippen LogP contribution in [0.2, 0.25) is 0 Å². The van der Waals surface area contributed by atoms with Crippen molar-refractivity contribution in [2.24, 2.45) is 0 Å². The summed E-state index contributed by atoms with van der Waals surface area (Å²) in [5, 5.41) is 8.60.